The van der Waals surface area contributed by atoms with Gasteiger partial charge in [0.2, 0.25) is 5.88 Å². The summed E-state index contributed by atoms with van der Waals surface area (Å²) in [6, 6.07) is 7.09. The third-order valence-electron chi connectivity index (χ3n) is 2.98. The fourth-order valence-electron chi connectivity index (χ4n) is 1.96. The maximum atomic E-state index is 13.5. The quantitative estimate of drug-likeness (QED) is 0.914. The zero-order chi connectivity index (χ0) is 14.5. The minimum atomic E-state index is -0.878. The number of halogens is 2. The first-order chi connectivity index (χ1) is 9.60. The van der Waals surface area contributed by atoms with E-state index in [2.05, 4.69) is 4.98 Å². The minimum Gasteiger partial charge on any atom is -0.481 e. The lowest BCUT2D eigenvalue weighted by atomic mass is 10.0. The van der Waals surface area contributed by atoms with E-state index in [1.165, 1.54) is 25.3 Å². The van der Waals surface area contributed by atoms with Crippen LogP contribution in [0.4, 0.5) is 8.78 Å². The van der Waals surface area contributed by atoms with Gasteiger partial charge in [0.1, 0.15) is 11.6 Å². The standard InChI is InChI=1S/C15H15F2NO2/c1-20-15-6-5-10(9-18-15)7-11(19)8-12-13(16)3-2-4-14(12)17/h2-6,9,11,19H,7-8H2,1H3. The molecule has 0 fully saturated rings. The number of ether oxygens (including phenoxy) is 1. The van der Waals surface area contributed by atoms with Crippen LogP contribution in [0.25, 0.3) is 0 Å². The summed E-state index contributed by atoms with van der Waals surface area (Å²) in [5.74, 6) is -0.808. The van der Waals surface area contributed by atoms with Crippen LogP contribution in [0.15, 0.2) is 36.5 Å². The second-order valence-electron chi connectivity index (χ2n) is 4.47. The molecule has 0 radical (unpaired) electrons. The molecule has 0 bridgehead atoms. The van der Waals surface area contributed by atoms with Gasteiger partial charge in [-0.05, 0) is 17.7 Å². The number of methoxy groups -OCH3 is 1. The molecular weight excluding hydrogens is 264 g/mol. The maximum Gasteiger partial charge on any atom is 0.212 e. The average molecular weight is 279 g/mol. The number of aromatic nitrogens is 1. The van der Waals surface area contributed by atoms with Crippen molar-refractivity contribution in [2.45, 2.75) is 18.9 Å². The van der Waals surface area contributed by atoms with E-state index in [0.29, 0.717) is 5.88 Å². The lowest BCUT2D eigenvalue weighted by Gasteiger charge is -2.12. The molecule has 0 saturated heterocycles. The first kappa shape index (κ1) is 14.4. The number of rotatable bonds is 5. The highest BCUT2D eigenvalue weighted by Gasteiger charge is 2.14. The summed E-state index contributed by atoms with van der Waals surface area (Å²) in [6.07, 6.45) is 0.881. The van der Waals surface area contributed by atoms with Crippen molar-refractivity contribution in [1.82, 2.24) is 4.98 Å². The Morgan fingerprint density at radius 3 is 2.40 bits per heavy atom. The van der Waals surface area contributed by atoms with E-state index in [9.17, 15) is 13.9 Å². The molecular formula is C15H15F2NO2. The third-order valence-corrected chi connectivity index (χ3v) is 2.98. The van der Waals surface area contributed by atoms with Crippen LogP contribution >= 0.6 is 0 Å². The van der Waals surface area contributed by atoms with E-state index < -0.39 is 17.7 Å². The van der Waals surface area contributed by atoms with E-state index in [0.717, 1.165) is 5.56 Å². The highest BCUT2D eigenvalue weighted by Crippen LogP contribution is 2.16. The van der Waals surface area contributed by atoms with Crippen LogP contribution in [0.2, 0.25) is 0 Å². The molecule has 106 valence electrons. The smallest absolute Gasteiger partial charge is 0.212 e. The van der Waals surface area contributed by atoms with Gasteiger partial charge in [0, 0.05) is 30.7 Å². The van der Waals surface area contributed by atoms with Crippen molar-refractivity contribution >= 4 is 0 Å². The monoisotopic (exact) mass is 279 g/mol. The lowest BCUT2D eigenvalue weighted by molar-refractivity contribution is 0.172. The molecule has 0 aliphatic rings. The molecule has 0 saturated carbocycles. The van der Waals surface area contributed by atoms with Gasteiger partial charge in [-0.25, -0.2) is 13.8 Å². The number of benzene rings is 1. The van der Waals surface area contributed by atoms with E-state index in [1.54, 1.807) is 18.3 Å². The molecule has 1 unspecified atom stereocenters. The van der Waals surface area contributed by atoms with Crippen molar-refractivity contribution in [3.63, 3.8) is 0 Å². The van der Waals surface area contributed by atoms with Gasteiger partial charge < -0.3 is 9.84 Å². The lowest BCUT2D eigenvalue weighted by Crippen LogP contribution is -2.16. The predicted molar refractivity (Wildman–Crippen MR) is 70.6 cm³/mol. The molecule has 0 amide bonds. The van der Waals surface area contributed by atoms with Gasteiger partial charge in [0.15, 0.2) is 0 Å². The number of aliphatic hydroxyl groups excluding tert-OH is 1. The fourth-order valence-corrected chi connectivity index (χ4v) is 1.96. The van der Waals surface area contributed by atoms with Gasteiger partial charge in [-0.1, -0.05) is 12.1 Å². The van der Waals surface area contributed by atoms with E-state index >= 15 is 0 Å². The molecule has 1 aromatic carbocycles. The van der Waals surface area contributed by atoms with E-state index in [-0.39, 0.29) is 18.4 Å². The van der Waals surface area contributed by atoms with Gasteiger partial charge in [-0.2, -0.15) is 0 Å². The van der Waals surface area contributed by atoms with Crippen molar-refractivity contribution in [3.05, 3.63) is 59.3 Å². The van der Waals surface area contributed by atoms with Crippen LogP contribution < -0.4 is 4.74 Å². The topological polar surface area (TPSA) is 42.4 Å². The Labute approximate surface area is 115 Å². The number of pyridine rings is 1. The van der Waals surface area contributed by atoms with Crippen LogP contribution in [-0.2, 0) is 12.8 Å². The van der Waals surface area contributed by atoms with Crippen LogP contribution in [0.1, 0.15) is 11.1 Å². The second kappa shape index (κ2) is 6.43. The molecule has 3 nitrogen and oxygen atoms in total. The number of hydrogen-bond acceptors (Lipinski definition) is 3. The zero-order valence-electron chi connectivity index (χ0n) is 11.0. The Bertz CT molecular complexity index is 552. The molecule has 2 aromatic rings. The molecule has 1 heterocycles. The minimum absolute atomic E-state index is 0.0788. The number of nitrogens with zero attached hydrogens (tertiary/aromatic N) is 1. The van der Waals surface area contributed by atoms with Crippen LogP contribution in [-0.4, -0.2) is 23.3 Å². The fraction of sp³-hybridized carbons (Fsp3) is 0.267. The van der Waals surface area contributed by atoms with Crippen molar-refractivity contribution in [2.24, 2.45) is 0 Å². The molecule has 5 heteroatoms. The molecule has 0 aliphatic carbocycles. The van der Waals surface area contributed by atoms with E-state index in [4.69, 9.17) is 4.74 Å². The molecule has 1 atom stereocenters. The normalized spacial score (nSPS) is 12.2. The average Bonchev–Trinajstić information content (AvgIpc) is 2.44. The Kier molecular flexibility index (Phi) is 4.63. The molecule has 2 rings (SSSR count). The SMILES string of the molecule is COc1ccc(CC(O)Cc2c(F)cccc2F)cn1. The summed E-state index contributed by atoms with van der Waals surface area (Å²) in [5, 5.41) is 9.94. The summed E-state index contributed by atoms with van der Waals surface area (Å²) in [4.78, 5) is 4.01. The second-order valence-corrected chi connectivity index (χ2v) is 4.47. The summed E-state index contributed by atoms with van der Waals surface area (Å²) >= 11 is 0. The Morgan fingerprint density at radius 2 is 1.85 bits per heavy atom. The highest BCUT2D eigenvalue weighted by atomic mass is 19.1. The molecule has 1 aromatic heterocycles. The Hall–Kier alpha value is -2.01. The van der Waals surface area contributed by atoms with Gasteiger partial charge in [-0.15, -0.1) is 0 Å². The van der Waals surface area contributed by atoms with Gasteiger partial charge >= 0.3 is 0 Å². The number of aliphatic hydroxyl groups is 1. The Morgan fingerprint density at radius 1 is 1.15 bits per heavy atom. The largest absolute Gasteiger partial charge is 0.481 e. The number of hydrogen-bond donors (Lipinski definition) is 1. The van der Waals surface area contributed by atoms with Crippen molar-refractivity contribution in [3.8, 4) is 5.88 Å². The predicted octanol–water partition coefficient (Wildman–Crippen LogP) is 2.51. The van der Waals surface area contributed by atoms with Crippen molar-refractivity contribution < 1.29 is 18.6 Å². The van der Waals surface area contributed by atoms with Gasteiger partial charge in [0.05, 0.1) is 13.2 Å². The van der Waals surface area contributed by atoms with Crippen LogP contribution in [0, 0.1) is 11.6 Å². The van der Waals surface area contributed by atoms with Crippen LogP contribution in [0.3, 0.4) is 0 Å². The summed E-state index contributed by atoms with van der Waals surface area (Å²) in [7, 11) is 1.51. The molecule has 1 N–H and O–H groups in total. The van der Waals surface area contributed by atoms with Crippen LogP contribution in [0.5, 0.6) is 5.88 Å². The van der Waals surface area contributed by atoms with E-state index in [1.807, 2.05) is 0 Å². The molecule has 20 heavy (non-hydrogen) atoms. The summed E-state index contributed by atoms with van der Waals surface area (Å²) in [6.45, 7) is 0. The summed E-state index contributed by atoms with van der Waals surface area (Å²) in [5.41, 5.74) is 0.677. The highest BCUT2D eigenvalue weighted by molar-refractivity contribution is 5.22. The molecule has 0 spiro atoms. The van der Waals surface area contributed by atoms with Gasteiger partial charge in [-0.3, -0.25) is 0 Å². The first-order valence-electron chi connectivity index (χ1n) is 6.20. The zero-order valence-corrected chi connectivity index (χ0v) is 11.0. The maximum absolute atomic E-state index is 13.5. The van der Waals surface area contributed by atoms with Crippen molar-refractivity contribution in [1.29, 1.82) is 0 Å². The summed E-state index contributed by atoms with van der Waals surface area (Å²) < 4.78 is 31.9. The molecule has 0 aliphatic heterocycles. The van der Waals surface area contributed by atoms with Gasteiger partial charge in [0.25, 0.3) is 0 Å². The Balaban J connectivity index is 2.03. The van der Waals surface area contributed by atoms with Crippen molar-refractivity contribution in [2.75, 3.05) is 7.11 Å². The third kappa shape index (κ3) is 3.51. The first-order valence-corrected chi connectivity index (χ1v) is 6.20.